The molecule has 1 aliphatic carbocycles. The molecule has 0 amide bonds. The molecule has 1 aromatic rings. The van der Waals surface area contributed by atoms with E-state index in [1.165, 1.54) is 42.3 Å². The lowest BCUT2D eigenvalue weighted by atomic mass is 9.94. The Morgan fingerprint density at radius 2 is 2.00 bits per heavy atom. The monoisotopic (exact) mass is 376 g/mol. The zero-order valence-electron chi connectivity index (χ0n) is 11.3. The normalized spacial score (nSPS) is 25.1. The third kappa shape index (κ3) is 3.19. The number of alkyl halides is 1. The summed E-state index contributed by atoms with van der Waals surface area (Å²) >= 11 is 7.60. The van der Waals surface area contributed by atoms with Crippen LogP contribution in [0.2, 0.25) is 0 Å². The molecule has 1 aliphatic rings. The van der Waals surface area contributed by atoms with Gasteiger partial charge in [-0.15, -0.1) is 0 Å². The van der Waals surface area contributed by atoms with Crippen LogP contribution in [0.25, 0.3) is 0 Å². The van der Waals surface area contributed by atoms with E-state index in [4.69, 9.17) is 0 Å². The summed E-state index contributed by atoms with van der Waals surface area (Å²) in [5, 5.41) is 4.60. The summed E-state index contributed by atoms with van der Waals surface area (Å²) in [7, 11) is 0. The van der Waals surface area contributed by atoms with Gasteiger partial charge in [0, 0.05) is 11.4 Å². The fourth-order valence-corrected chi connectivity index (χ4v) is 4.10. The zero-order valence-corrected chi connectivity index (χ0v) is 14.4. The summed E-state index contributed by atoms with van der Waals surface area (Å²) in [4.78, 5) is 0.674. The number of hydrogen-bond acceptors (Lipinski definition) is 1. The molecule has 0 N–H and O–H groups in total. The van der Waals surface area contributed by atoms with Crippen LogP contribution < -0.4 is 0 Å². The SMILES string of the molecule is CCn1nc(C)c(Br)c1CC1CCCCCC1Br. The quantitative estimate of drug-likeness (QED) is 0.543. The van der Waals surface area contributed by atoms with Gasteiger partial charge in [0.25, 0.3) is 0 Å². The maximum atomic E-state index is 4.60. The fraction of sp³-hybridized carbons (Fsp3) is 0.786. The van der Waals surface area contributed by atoms with Gasteiger partial charge in [-0.05, 0) is 55.0 Å². The summed E-state index contributed by atoms with van der Waals surface area (Å²) in [5.74, 6) is 0.755. The number of hydrogen-bond donors (Lipinski definition) is 0. The summed E-state index contributed by atoms with van der Waals surface area (Å²) in [6.45, 7) is 5.21. The Bertz CT molecular complexity index is 401. The van der Waals surface area contributed by atoms with E-state index in [0.717, 1.165) is 24.6 Å². The lowest BCUT2D eigenvalue weighted by molar-refractivity contribution is 0.453. The van der Waals surface area contributed by atoms with E-state index in [9.17, 15) is 0 Å². The van der Waals surface area contributed by atoms with Crippen molar-refractivity contribution in [1.29, 1.82) is 0 Å². The van der Waals surface area contributed by atoms with Crippen molar-refractivity contribution in [3.8, 4) is 0 Å². The van der Waals surface area contributed by atoms with Crippen molar-refractivity contribution in [3.63, 3.8) is 0 Å². The van der Waals surface area contributed by atoms with Crippen LogP contribution in [0.5, 0.6) is 0 Å². The smallest absolute Gasteiger partial charge is 0.0738 e. The van der Waals surface area contributed by atoms with Gasteiger partial charge >= 0.3 is 0 Å². The Hall–Kier alpha value is 0.170. The molecule has 1 heterocycles. The summed E-state index contributed by atoms with van der Waals surface area (Å²) in [6, 6.07) is 0. The van der Waals surface area contributed by atoms with Gasteiger partial charge in [-0.2, -0.15) is 5.10 Å². The standard InChI is InChI=1S/C14H22Br2N2/c1-3-18-13(14(16)10(2)17-18)9-11-7-5-4-6-8-12(11)15/h11-12H,3-9H2,1-2H3. The first-order valence-electron chi connectivity index (χ1n) is 6.99. The van der Waals surface area contributed by atoms with Crippen LogP contribution in [0, 0.1) is 12.8 Å². The van der Waals surface area contributed by atoms with Crippen LogP contribution in [0.3, 0.4) is 0 Å². The highest BCUT2D eigenvalue weighted by Crippen LogP contribution is 2.33. The molecule has 2 unspecified atom stereocenters. The Morgan fingerprint density at radius 3 is 2.72 bits per heavy atom. The van der Waals surface area contributed by atoms with E-state index in [0.29, 0.717) is 4.83 Å². The molecule has 0 saturated heterocycles. The first-order chi connectivity index (χ1) is 8.63. The number of aromatic nitrogens is 2. The second-order valence-corrected chi connectivity index (χ2v) is 7.25. The summed E-state index contributed by atoms with van der Waals surface area (Å²) in [5.41, 5.74) is 2.50. The Kier molecular flexibility index (Phi) is 5.31. The highest BCUT2D eigenvalue weighted by atomic mass is 79.9. The van der Waals surface area contributed by atoms with Crippen LogP contribution in [0.1, 0.15) is 50.4 Å². The number of rotatable bonds is 3. The third-order valence-corrected chi connectivity index (χ3v) is 6.21. The van der Waals surface area contributed by atoms with E-state index < -0.39 is 0 Å². The third-order valence-electron chi connectivity index (χ3n) is 3.97. The van der Waals surface area contributed by atoms with Crippen LogP contribution >= 0.6 is 31.9 Å². The highest BCUT2D eigenvalue weighted by molar-refractivity contribution is 9.10. The molecule has 1 saturated carbocycles. The maximum Gasteiger partial charge on any atom is 0.0738 e. The van der Waals surface area contributed by atoms with Crippen molar-refractivity contribution in [2.24, 2.45) is 5.92 Å². The molecule has 2 atom stereocenters. The average molecular weight is 378 g/mol. The number of nitrogens with zero attached hydrogens (tertiary/aromatic N) is 2. The maximum absolute atomic E-state index is 4.60. The Balaban J connectivity index is 2.16. The van der Waals surface area contributed by atoms with Gasteiger partial charge in [0.05, 0.1) is 15.9 Å². The number of halogens is 2. The topological polar surface area (TPSA) is 17.8 Å². The van der Waals surface area contributed by atoms with Crippen LogP contribution in [-0.2, 0) is 13.0 Å². The van der Waals surface area contributed by atoms with E-state index in [2.05, 4.69) is 55.5 Å². The van der Waals surface area contributed by atoms with Crippen LogP contribution in [-0.4, -0.2) is 14.6 Å². The van der Waals surface area contributed by atoms with Gasteiger partial charge in [-0.1, -0.05) is 35.2 Å². The molecular formula is C14H22Br2N2. The molecule has 0 aliphatic heterocycles. The van der Waals surface area contributed by atoms with Crippen molar-refractivity contribution < 1.29 is 0 Å². The van der Waals surface area contributed by atoms with Gasteiger partial charge < -0.3 is 0 Å². The lowest BCUT2D eigenvalue weighted by Gasteiger charge is -2.20. The molecule has 4 heteroatoms. The molecule has 102 valence electrons. The van der Waals surface area contributed by atoms with E-state index in [1.54, 1.807) is 0 Å². The molecule has 1 aromatic heterocycles. The predicted octanol–water partition coefficient (Wildman–Crippen LogP) is 4.86. The molecule has 2 nitrogen and oxygen atoms in total. The van der Waals surface area contributed by atoms with Crippen molar-refractivity contribution in [3.05, 3.63) is 15.9 Å². The molecule has 18 heavy (non-hydrogen) atoms. The fourth-order valence-electron chi connectivity index (χ4n) is 2.88. The molecule has 2 rings (SSSR count). The van der Waals surface area contributed by atoms with Gasteiger partial charge in [0.1, 0.15) is 0 Å². The lowest BCUT2D eigenvalue weighted by Crippen LogP contribution is -2.18. The molecule has 0 aromatic carbocycles. The van der Waals surface area contributed by atoms with Crippen molar-refractivity contribution in [2.75, 3.05) is 0 Å². The van der Waals surface area contributed by atoms with Crippen LogP contribution in [0.4, 0.5) is 0 Å². The highest BCUT2D eigenvalue weighted by Gasteiger charge is 2.24. The summed E-state index contributed by atoms with van der Waals surface area (Å²) in [6.07, 6.45) is 7.96. The average Bonchev–Trinajstić information content (AvgIpc) is 2.53. The predicted molar refractivity (Wildman–Crippen MR) is 83.3 cm³/mol. The molecule has 1 fully saturated rings. The second kappa shape index (κ2) is 6.56. The molecule has 0 spiro atoms. The van der Waals surface area contributed by atoms with Crippen molar-refractivity contribution in [1.82, 2.24) is 9.78 Å². The summed E-state index contributed by atoms with van der Waals surface area (Å²) < 4.78 is 3.37. The second-order valence-electron chi connectivity index (χ2n) is 5.28. The van der Waals surface area contributed by atoms with Gasteiger partial charge in [-0.3, -0.25) is 4.68 Å². The van der Waals surface area contributed by atoms with E-state index in [-0.39, 0.29) is 0 Å². The first-order valence-corrected chi connectivity index (χ1v) is 8.70. The van der Waals surface area contributed by atoms with Crippen LogP contribution in [0.15, 0.2) is 4.47 Å². The van der Waals surface area contributed by atoms with Gasteiger partial charge in [0.2, 0.25) is 0 Å². The Labute approximate surface area is 127 Å². The Morgan fingerprint density at radius 1 is 1.28 bits per heavy atom. The van der Waals surface area contributed by atoms with Crippen molar-refractivity contribution in [2.45, 2.75) is 63.7 Å². The molecular weight excluding hydrogens is 356 g/mol. The van der Waals surface area contributed by atoms with Gasteiger partial charge in [-0.25, -0.2) is 0 Å². The van der Waals surface area contributed by atoms with E-state index >= 15 is 0 Å². The first kappa shape index (κ1) is 14.6. The minimum atomic E-state index is 0.674. The minimum absolute atomic E-state index is 0.674. The van der Waals surface area contributed by atoms with Crippen molar-refractivity contribution >= 4 is 31.9 Å². The minimum Gasteiger partial charge on any atom is -0.268 e. The van der Waals surface area contributed by atoms with E-state index in [1.807, 2.05) is 0 Å². The zero-order chi connectivity index (χ0) is 13.1. The van der Waals surface area contributed by atoms with Gasteiger partial charge in [0.15, 0.2) is 0 Å². The largest absolute Gasteiger partial charge is 0.268 e. The molecule has 0 radical (unpaired) electrons. The molecule has 0 bridgehead atoms. The number of aryl methyl sites for hydroxylation is 2.